The monoisotopic (exact) mass is 242 g/mol. The van der Waals surface area contributed by atoms with Gasteiger partial charge in [-0.2, -0.15) is 5.53 Å². The molecule has 1 amide bonds. The second-order valence-electron chi connectivity index (χ2n) is 3.66. The Morgan fingerprint density at radius 3 is 2.67 bits per heavy atom. The van der Waals surface area contributed by atoms with Crippen molar-refractivity contribution < 1.29 is 4.79 Å². The summed E-state index contributed by atoms with van der Waals surface area (Å²) in [5.41, 5.74) is 9.72. The predicted octanol–water partition coefficient (Wildman–Crippen LogP) is 1.02. The number of hydrogen-bond donors (Lipinski definition) is 3. The molecule has 0 aliphatic carbocycles. The zero-order valence-electron chi connectivity index (χ0n) is 9.76. The molecule has 18 heavy (non-hydrogen) atoms. The Morgan fingerprint density at radius 1 is 1.11 bits per heavy atom. The van der Waals surface area contributed by atoms with Crippen LogP contribution in [0.1, 0.15) is 15.9 Å². The lowest BCUT2D eigenvalue weighted by molar-refractivity contribution is 0.0922. The van der Waals surface area contributed by atoms with Crippen molar-refractivity contribution >= 4 is 5.91 Å². The van der Waals surface area contributed by atoms with Gasteiger partial charge in [0.25, 0.3) is 5.91 Å². The highest BCUT2D eigenvalue weighted by Crippen LogP contribution is 1.96. The molecule has 5 heteroatoms. The van der Waals surface area contributed by atoms with Crippen LogP contribution in [0.4, 0.5) is 0 Å². The fourth-order valence-electron chi connectivity index (χ4n) is 1.41. The summed E-state index contributed by atoms with van der Waals surface area (Å²) in [6.07, 6.45) is 3.13. The van der Waals surface area contributed by atoms with Crippen LogP contribution in [0.25, 0.3) is 0 Å². The molecule has 5 nitrogen and oxygen atoms in total. The molecule has 1 aromatic carbocycles. The van der Waals surface area contributed by atoms with E-state index in [0.717, 1.165) is 5.56 Å². The van der Waals surface area contributed by atoms with Crippen molar-refractivity contribution in [3.8, 4) is 0 Å². The van der Waals surface area contributed by atoms with Crippen LogP contribution in [0.2, 0.25) is 0 Å². The first kappa shape index (κ1) is 12.2. The number of aromatic nitrogens is 1. The molecule has 92 valence electrons. The van der Waals surface area contributed by atoms with Crippen molar-refractivity contribution in [3.05, 3.63) is 66.0 Å². The van der Waals surface area contributed by atoms with E-state index < -0.39 is 0 Å². The minimum absolute atomic E-state index is 0.233. The zero-order chi connectivity index (χ0) is 12.6. The maximum atomic E-state index is 11.6. The molecule has 0 aliphatic rings. The fraction of sp³-hybridized carbons (Fsp3) is 0.0769. The van der Waals surface area contributed by atoms with Gasteiger partial charge in [-0.25, -0.2) is 5.43 Å². The molecule has 2 aromatic rings. The van der Waals surface area contributed by atoms with E-state index in [1.165, 1.54) is 6.20 Å². The third kappa shape index (κ3) is 3.65. The first-order valence-corrected chi connectivity index (χ1v) is 5.58. The molecule has 0 bridgehead atoms. The highest BCUT2D eigenvalue weighted by atomic mass is 16.2. The average molecular weight is 242 g/mol. The van der Waals surface area contributed by atoms with Crippen LogP contribution in [-0.4, -0.2) is 10.9 Å². The van der Waals surface area contributed by atoms with E-state index >= 15 is 0 Å². The van der Waals surface area contributed by atoms with E-state index in [1.54, 1.807) is 18.3 Å². The van der Waals surface area contributed by atoms with Crippen LogP contribution in [0, 0.1) is 0 Å². The van der Waals surface area contributed by atoms with Crippen LogP contribution in [0.5, 0.6) is 0 Å². The molecule has 0 fully saturated rings. The summed E-state index contributed by atoms with van der Waals surface area (Å²) in [4.78, 5) is 15.5. The Hall–Kier alpha value is -2.24. The molecule has 2 rings (SSSR count). The largest absolute Gasteiger partial charge is 0.274 e. The number of nitrogens with one attached hydrogen (secondary N) is 3. The number of carbonyl (C=O) groups is 1. The molecule has 0 unspecified atom stereocenters. The zero-order valence-corrected chi connectivity index (χ0v) is 9.76. The Kier molecular flexibility index (Phi) is 4.40. The predicted molar refractivity (Wildman–Crippen MR) is 68.1 cm³/mol. The van der Waals surface area contributed by atoms with Gasteiger partial charge in [-0.15, -0.1) is 0 Å². The second-order valence-corrected chi connectivity index (χ2v) is 3.66. The van der Waals surface area contributed by atoms with Crippen molar-refractivity contribution in [3.63, 3.8) is 0 Å². The maximum Gasteiger partial charge on any atom is 0.268 e. The lowest BCUT2D eigenvalue weighted by Crippen LogP contribution is -2.46. The number of hydrogen-bond acceptors (Lipinski definition) is 4. The fourth-order valence-corrected chi connectivity index (χ4v) is 1.41. The molecule has 1 aromatic heterocycles. The van der Waals surface area contributed by atoms with E-state index in [9.17, 15) is 4.79 Å². The third-order valence-electron chi connectivity index (χ3n) is 2.32. The minimum Gasteiger partial charge on any atom is -0.274 e. The van der Waals surface area contributed by atoms with Gasteiger partial charge < -0.3 is 0 Å². The van der Waals surface area contributed by atoms with Gasteiger partial charge in [0.1, 0.15) is 0 Å². The van der Waals surface area contributed by atoms with Crippen LogP contribution in [-0.2, 0) is 6.54 Å². The molecule has 0 radical (unpaired) electrons. The van der Waals surface area contributed by atoms with E-state index in [2.05, 4.69) is 21.4 Å². The normalized spacial score (nSPS) is 10.0. The van der Waals surface area contributed by atoms with E-state index in [0.29, 0.717) is 12.1 Å². The molecular formula is C13H14N4O. The van der Waals surface area contributed by atoms with Crippen molar-refractivity contribution in [1.82, 2.24) is 21.4 Å². The van der Waals surface area contributed by atoms with Crippen LogP contribution in [0.3, 0.4) is 0 Å². The molecule has 1 heterocycles. The standard InChI is InChI=1S/C13H14N4O/c18-13(12-7-4-8-14-10-12)16-17-15-9-11-5-2-1-3-6-11/h1-8,10,15,17H,9H2,(H,16,18). The van der Waals surface area contributed by atoms with Crippen LogP contribution < -0.4 is 16.4 Å². The Balaban J connectivity index is 1.72. The quantitative estimate of drug-likeness (QED) is 0.541. The molecule has 0 aliphatic heterocycles. The van der Waals surface area contributed by atoms with Gasteiger partial charge in [-0.05, 0) is 17.7 Å². The van der Waals surface area contributed by atoms with Gasteiger partial charge in [-0.1, -0.05) is 30.3 Å². The van der Waals surface area contributed by atoms with Crippen LogP contribution >= 0.6 is 0 Å². The Labute approximate surface area is 105 Å². The van der Waals surface area contributed by atoms with Crippen molar-refractivity contribution in [1.29, 1.82) is 0 Å². The molecule has 3 N–H and O–H groups in total. The van der Waals surface area contributed by atoms with E-state index in [1.807, 2.05) is 30.3 Å². The summed E-state index contributed by atoms with van der Waals surface area (Å²) < 4.78 is 0. The topological polar surface area (TPSA) is 66.1 Å². The number of hydrazine groups is 2. The summed E-state index contributed by atoms with van der Waals surface area (Å²) in [6, 6.07) is 13.3. The summed E-state index contributed by atoms with van der Waals surface area (Å²) in [5, 5.41) is 0. The SMILES string of the molecule is O=C(NNNCc1ccccc1)c1cccnc1. The Morgan fingerprint density at radius 2 is 1.94 bits per heavy atom. The third-order valence-corrected chi connectivity index (χ3v) is 2.32. The second kappa shape index (κ2) is 6.48. The highest BCUT2D eigenvalue weighted by Gasteiger charge is 2.02. The van der Waals surface area contributed by atoms with Gasteiger partial charge in [0.2, 0.25) is 0 Å². The Bertz CT molecular complexity index is 487. The van der Waals surface area contributed by atoms with E-state index in [-0.39, 0.29) is 5.91 Å². The lowest BCUT2D eigenvalue weighted by Gasteiger charge is -2.08. The van der Waals surface area contributed by atoms with E-state index in [4.69, 9.17) is 0 Å². The molecule has 0 spiro atoms. The first-order valence-electron chi connectivity index (χ1n) is 5.58. The maximum absolute atomic E-state index is 11.6. The highest BCUT2D eigenvalue weighted by molar-refractivity contribution is 5.93. The number of pyridine rings is 1. The molecular weight excluding hydrogens is 228 g/mol. The van der Waals surface area contributed by atoms with Crippen molar-refractivity contribution in [2.45, 2.75) is 6.54 Å². The van der Waals surface area contributed by atoms with Crippen LogP contribution in [0.15, 0.2) is 54.9 Å². The van der Waals surface area contributed by atoms with Crippen molar-refractivity contribution in [2.75, 3.05) is 0 Å². The molecule has 0 saturated carbocycles. The number of nitrogens with zero attached hydrogens (tertiary/aromatic N) is 1. The number of benzene rings is 1. The summed E-state index contributed by atoms with van der Waals surface area (Å²) in [5.74, 6) is -0.233. The number of carbonyl (C=O) groups excluding carboxylic acids is 1. The first-order chi connectivity index (χ1) is 8.86. The molecule has 0 saturated heterocycles. The van der Waals surface area contributed by atoms with Crippen molar-refractivity contribution in [2.24, 2.45) is 0 Å². The summed E-state index contributed by atoms with van der Waals surface area (Å²) >= 11 is 0. The van der Waals surface area contributed by atoms with Gasteiger partial charge in [0.15, 0.2) is 0 Å². The smallest absolute Gasteiger partial charge is 0.268 e. The lowest BCUT2D eigenvalue weighted by atomic mass is 10.2. The minimum atomic E-state index is -0.233. The summed E-state index contributed by atoms with van der Waals surface area (Å²) in [7, 11) is 0. The summed E-state index contributed by atoms with van der Waals surface area (Å²) in [6.45, 7) is 0.619. The van der Waals surface area contributed by atoms with Gasteiger partial charge in [-0.3, -0.25) is 15.2 Å². The van der Waals surface area contributed by atoms with Gasteiger partial charge in [0.05, 0.1) is 5.56 Å². The molecule has 0 atom stereocenters. The number of rotatable bonds is 5. The van der Waals surface area contributed by atoms with Gasteiger partial charge >= 0.3 is 0 Å². The number of amides is 1. The van der Waals surface area contributed by atoms with Gasteiger partial charge in [0, 0.05) is 18.9 Å². The average Bonchev–Trinajstić information content (AvgIpc) is 2.45.